The number of aromatic nitrogens is 2. The van der Waals surface area contributed by atoms with Gasteiger partial charge in [-0.25, -0.2) is 4.79 Å². The number of carboxylic acid groups (broad SMARTS) is 1. The molecule has 1 saturated heterocycles. The van der Waals surface area contributed by atoms with E-state index in [1.165, 1.54) is 0 Å². The molecule has 7 nitrogen and oxygen atoms in total. The molecule has 1 aromatic heterocycles. The van der Waals surface area contributed by atoms with Crippen molar-refractivity contribution in [2.45, 2.75) is 25.1 Å². The first kappa shape index (κ1) is 23.2. The van der Waals surface area contributed by atoms with Gasteiger partial charge in [0.25, 0.3) is 5.91 Å². The number of amides is 1. The number of rotatable bonds is 3. The van der Waals surface area contributed by atoms with Gasteiger partial charge in [-0.15, -0.1) is 0 Å². The lowest BCUT2D eigenvalue weighted by molar-refractivity contribution is -0.192. The second-order valence-electron chi connectivity index (χ2n) is 6.07. The molecular formula is C17H17BrClF3N4O3. The Morgan fingerprint density at radius 3 is 2.48 bits per heavy atom. The molecule has 12 heteroatoms. The molecule has 3 N–H and O–H groups in total. The molecule has 0 radical (unpaired) electrons. The summed E-state index contributed by atoms with van der Waals surface area (Å²) in [6, 6.07) is 5.49. The summed E-state index contributed by atoms with van der Waals surface area (Å²) in [5, 5.41) is 18.3. The van der Waals surface area contributed by atoms with Crippen LogP contribution in [0.3, 0.4) is 0 Å². The Hall–Kier alpha value is -2.11. The number of benzene rings is 1. The molecule has 0 unspecified atom stereocenters. The molecule has 0 aliphatic carbocycles. The minimum atomic E-state index is -5.08. The summed E-state index contributed by atoms with van der Waals surface area (Å²) >= 11 is 9.25. The molecular weight excluding hydrogens is 481 g/mol. The molecule has 29 heavy (non-hydrogen) atoms. The Labute approximate surface area is 177 Å². The smallest absolute Gasteiger partial charge is 0.475 e. The summed E-state index contributed by atoms with van der Waals surface area (Å²) < 4.78 is 34.3. The van der Waals surface area contributed by atoms with E-state index in [0.29, 0.717) is 26.8 Å². The van der Waals surface area contributed by atoms with Crippen LogP contribution in [0.2, 0.25) is 5.02 Å². The molecule has 1 aliphatic heterocycles. The van der Waals surface area contributed by atoms with Crippen molar-refractivity contribution in [3.05, 3.63) is 45.7 Å². The summed E-state index contributed by atoms with van der Waals surface area (Å²) in [7, 11) is 0. The van der Waals surface area contributed by atoms with E-state index in [2.05, 4.69) is 31.7 Å². The monoisotopic (exact) mass is 496 g/mol. The molecule has 158 valence electrons. The molecule has 0 atom stereocenters. The predicted molar refractivity (Wildman–Crippen MR) is 104 cm³/mol. The second-order valence-corrected chi connectivity index (χ2v) is 7.36. The Bertz CT molecular complexity index is 870. The van der Waals surface area contributed by atoms with Crippen LogP contribution in [0.25, 0.3) is 0 Å². The zero-order valence-corrected chi connectivity index (χ0v) is 17.2. The van der Waals surface area contributed by atoms with Gasteiger partial charge in [0.1, 0.15) is 0 Å². The number of halogens is 5. The highest BCUT2D eigenvalue weighted by Gasteiger charge is 2.38. The number of carbonyl (C=O) groups excluding carboxylic acids is 1. The van der Waals surface area contributed by atoms with Crippen LogP contribution in [-0.2, 0) is 4.79 Å². The number of aliphatic carboxylic acids is 1. The Morgan fingerprint density at radius 2 is 1.93 bits per heavy atom. The quantitative estimate of drug-likeness (QED) is 0.593. The minimum absolute atomic E-state index is 0.187. The molecule has 1 amide bonds. The number of nitrogens with one attached hydrogen (secondary N) is 2. The van der Waals surface area contributed by atoms with E-state index in [-0.39, 0.29) is 5.91 Å². The van der Waals surface area contributed by atoms with Gasteiger partial charge in [0.05, 0.1) is 23.5 Å². The zero-order chi connectivity index (χ0) is 21.6. The van der Waals surface area contributed by atoms with Gasteiger partial charge in [-0.2, -0.15) is 18.3 Å². The molecule has 1 aliphatic rings. The van der Waals surface area contributed by atoms with Crippen molar-refractivity contribution in [2.24, 2.45) is 0 Å². The van der Waals surface area contributed by atoms with Crippen molar-refractivity contribution in [1.82, 2.24) is 15.1 Å². The van der Waals surface area contributed by atoms with Crippen LogP contribution in [0.15, 0.2) is 35.1 Å². The molecule has 0 saturated carbocycles. The van der Waals surface area contributed by atoms with Gasteiger partial charge in [0, 0.05) is 15.7 Å². The van der Waals surface area contributed by atoms with E-state index in [4.69, 9.17) is 21.5 Å². The Balaban J connectivity index is 0.000000370. The van der Waals surface area contributed by atoms with Crippen molar-refractivity contribution in [3.63, 3.8) is 0 Å². The fourth-order valence-corrected chi connectivity index (χ4v) is 3.41. The summed E-state index contributed by atoms with van der Waals surface area (Å²) in [6.07, 6.45) is 0.594. The molecule has 0 bridgehead atoms. The highest BCUT2D eigenvalue weighted by molar-refractivity contribution is 9.10. The van der Waals surface area contributed by atoms with Crippen LogP contribution >= 0.6 is 27.5 Å². The van der Waals surface area contributed by atoms with Crippen LogP contribution in [-0.4, -0.2) is 46.0 Å². The third-order valence-electron chi connectivity index (χ3n) is 3.96. The van der Waals surface area contributed by atoms with Gasteiger partial charge in [-0.3, -0.25) is 9.48 Å². The highest BCUT2D eigenvalue weighted by atomic mass is 79.9. The number of anilines is 1. The Kier molecular flexibility index (Phi) is 8.05. The summed E-state index contributed by atoms with van der Waals surface area (Å²) in [5.41, 5.74) is 1.24. The van der Waals surface area contributed by atoms with Crippen LogP contribution in [0, 0.1) is 0 Å². The lowest BCUT2D eigenvalue weighted by Crippen LogP contribution is -2.29. The van der Waals surface area contributed by atoms with Crippen molar-refractivity contribution in [3.8, 4) is 0 Å². The van der Waals surface area contributed by atoms with Crippen molar-refractivity contribution in [1.29, 1.82) is 0 Å². The van der Waals surface area contributed by atoms with E-state index >= 15 is 0 Å². The minimum Gasteiger partial charge on any atom is -0.475 e. The maximum Gasteiger partial charge on any atom is 0.490 e. The normalized spacial score (nSPS) is 14.7. The maximum atomic E-state index is 12.3. The van der Waals surface area contributed by atoms with Crippen LogP contribution in [0.5, 0.6) is 0 Å². The Morgan fingerprint density at radius 1 is 1.31 bits per heavy atom. The van der Waals surface area contributed by atoms with E-state index in [1.807, 2.05) is 10.9 Å². The molecule has 3 rings (SSSR count). The third-order valence-corrected chi connectivity index (χ3v) is 4.85. The van der Waals surface area contributed by atoms with Gasteiger partial charge in [0.15, 0.2) is 0 Å². The predicted octanol–water partition coefficient (Wildman–Crippen LogP) is 4.11. The third kappa shape index (κ3) is 7.02. The first-order valence-electron chi connectivity index (χ1n) is 8.39. The fourth-order valence-electron chi connectivity index (χ4n) is 2.55. The van der Waals surface area contributed by atoms with E-state index in [0.717, 1.165) is 25.9 Å². The molecule has 1 fully saturated rings. The van der Waals surface area contributed by atoms with Gasteiger partial charge >= 0.3 is 12.1 Å². The van der Waals surface area contributed by atoms with E-state index in [1.54, 1.807) is 24.4 Å². The average Bonchev–Trinajstić information content (AvgIpc) is 3.10. The number of carboxylic acids is 1. The number of piperidine rings is 1. The average molecular weight is 498 g/mol. The number of nitrogens with zero attached hydrogens (tertiary/aromatic N) is 2. The van der Waals surface area contributed by atoms with Gasteiger partial charge < -0.3 is 15.7 Å². The van der Waals surface area contributed by atoms with Crippen LogP contribution in [0.1, 0.15) is 29.2 Å². The van der Waals surface area contributed by atoms with Crippen molar-refractivity contribution < 1.29 is 27.9 Å². The van der Waals surface area contributed by atoms with Gasteiger partial charge in [0.2, 0.25) is 0 Å². The van der Waals surface area contributed by atoms with E-state index < -0.39 is 12.1 Å². The largest absolute Gasteiger partial charge is 0.490 e. The SMILES string of the molecule is O=C(Nc1cnn(C2CCNCC2)c1)c1ccc(Cl)cc1Br.O=C(O)C(F)(F)F. The zero-order valence-electron chi connectivity index (χ0n) is 14.8. The first-order chi connectivity index (χ1) is 13.6. The van der Waals surface area contributed by atoms with Gasteiger partial charge in [-0.05, 0) is 60.1 Å². The summed E-state index contributed by atoms with van der Waals surface area (Å²) in [4.78, 5) is 21.2. The van der Waals surface area contributed by atoms with Crippen molar-refractivity contribution in [2.75, 3.05) is 18.4 Å². The number of hydrogen-bond acceptors (Lipinski definition) is 4. The summed E-state index contributed by atoms with van der Waals surface area (Å²) in [5.74, 6) is -2.94. The topological polar surface area (TPSA) is 96.3 Å². The highest BCUT2D eigenvalue weighted by Crippen LogP contribution is 2.23. The first-order valence-corrected chi connectivity index (χ1v) is 9.56. The number of carbonyl (C=O) groups is 2. The lowest BCUT2D eigenvalue weighted by atomic mass is 10.1. The molecule has 0 spiro atoms. The van der Waals surface area contributed by atoms with Crippen LogP contribution < -0.4 is 10.6 Å². The fraction of sp³-hybridized carbons (Fsp3) is 0.353. The van der Waals surface area contributed by atoms with Gasteiger partial charge in [-0.1, -0.05) is 11.6 Å². The molecule has 2 aromatic rings. The van der Waals surface area contributed by atoms with Crippen molar-refractivity contribution >= 4 is 45.1 Å². The number of hydrogen-bond donors (Lipinski definition) is 3. The molecule has 2 heterocycles. The summed E-state index contributed by atoms with van der Waals surface area (Å²) in [6.45, 7) is 2.01. The maximum absolute atomic E-state index is 12.3. The van der Waals surface area contributed by atoms with E-state index in [9.17, 15) is 18.0 Å². The van der Waals surface area contributed by atoms with Crippen LogP contribution in [0.4, 0.5) is 18.9 Å². The standard InChI is InChI=1S/C15H16BrClN4O.C2HF3O2/c16-14-7-10(17)1-2-13(14)15(22)20-11-8-19-21(9-11)12-3-5-18-6-4-12;3-2(4,5)1(6)7/h1-2,7-9,12,18H,3-6H2,(H,20,22);(H,6,7). The lowest BCUT2D eigenvalue weighted by Gasteiger charge is -2.22. The molecule has 1 aromatic carbocycles. The second kappa shape index (κ2) is 10.1. The number of alkyl halides is 3.